The largest absolute Gasteiger partial charge is 0.327 e. The molecule has 33 heavy (non-hydrogen) atoms. The summed E-state index contributed by atoms with van der Waals surface area (Å²) >= 11 is 5.98. The molecule has 8 heteroatoms. The summed E-state index contributed by atoms with van der Waals surface area (Å²) in [6.45, 7) is 1.24. The predicted molar refractivity (Wildman–Crippen MR) is 130 cm³/mol. The zero-order chi connectivity index (χ0) is 22.8. The minimum atomic E-state index is -3.66. The van der Waals surface area contributed by atoms with E-state index in [2.05, 4.69) is 21.7 Å². The van der Waals surface area contributed by atoms with Gasteiger partial charge in [-0.3, -0.25) is 4.98 Å². The fourth-order valence-corrected chi connectivity index (χ4v) is 6.38. The number of fused-ring (bicyclic) bond motifs is 1. The minimum absolute atomic E-state index is 0.262. The Bertz CT molecular complexity index is 1350. The van der Waals surface area contributed by atoms with Gasteiger partial charge in [-0.1, -0.05) is 29.8 Å². The molecule has 1 unspecified atom stereocenters. The number of hydrogen-bond donors (Lipinski definition) is 0. The molecule has 0 bridgehead atoms. The van der Waals surface area contributed by atoms with E-state index in [0.717, 1.165) is 49.1 Å². The van der Waals surface area contributed by atoms with Gasteiger partial charge in [0.1, 0.15) is 5.82 Å². The first-order valence-corrected chi connectivity index (χ1v) is 13.0. The third kappa shape index (κ3) is 4.40. The Morgan fingerprint density at radius 2 is 1.85 bits per heavy atom. The van der Waals surface area contributed by atoms with Crippen molar-refractivity contribution in [2.24, 2.45) is 0 Å². The maximum absolute atomic E-state index is 13.5. The topological polar surface area (TPSA) is 68.1 Å². The molecular formula is C25H25ClN4O2S. The van der Waals surface area contributed by atoms with Crippen molar-refractivity contribution in [2.45, 2.75) is 43.2 Å². The summed E-state index contributed by atoms with van der Waals surface area (Å²) in [4.78, 5) is 9.38. The normalized spacial score (nSPS) is 17.1. The van der Waals surface area contributed by atoms with Gasteiger partial charge >= 0.3 is 0 Å². The number of pyridine rings is 1. The number of hydrogen-bond acceptors (Lipinski definition) is 4. The second-order valence-electron chi connectivity index (χ2n) is 8.30. The van der Waals surface area contributed by atoms with Gasteiger partial charge in [-0.2, -0.15) is 4.31 Å². The average Bonchev–Trinajstić information content (AvgIpc) is 3.46. The maximum atomic E-state index is 13.5. The lowest BCUT2D eigenvalue weighted by Crippen LogP contribution is -2.32. The van der Waals surface area contributed by atoms with Crippen LogP contribution < -0.4 is 0 Å². The van der Waals surface area contributed by atoms with E-state index in [1.807, 2.05) is 30.5 Å². The van der Waals surface area contributed by atoms with Crippen LogP contribution in [0.5, 0.6) is 0 Å². The molecule has 0 amide bonds. The molecule has 0 N–H and O–H groups in total. The molecule has 1 aliphatic heterocycles. The molecule has 1 fully saturated rings. The standard InChI is InChI=1S/C25H25ClN4O2S/c26-20-11-13-21(14-12-20)33(31,32)30-17-5-10-24(30)25-28-22-8-1-2-9-23(22)29(25)16-4-7-19-6-3-15-27-18-19/h1-3,6,8-9,11-15,18,24H,4-5,7,10,16-17H2. The van der Waals surface area contributed by atoms with E-state index in [9.17, 15) is 8.42 Å². The molecule has 1 saturated heterocycles. The molecule has 5 rings (SSSR count). The smallest absolute Gasteiger partial charge is 0.243 e. The fraction of sp³-hybridized carbons (Fsp3) is 0.280. The molecule has 2 aromatic heterocycles. The van der Waals surface area contributed by atoms with Crippen molar-refractivity contribution < 1.29 is 8.42 Å². The first-order chi connectivity index (χ1) is 16.0. The number of benzene rings is 2. The molecule has 1 aliphatic rings. The van der Waals surface area contributed by atoms with Crippen molar-refractivity contribution in [3.05, 3.63) is 89.5 Å². The first kappa shape index (κ1) is 22.1. The van der Waals surface area contributed by atoms with Gasteiger partial charge in [-0.25, -0.2) is 13.4 Å². The molecule has 0 saturated carbocycles. The highest BCUT2D eigenvalue weighted by Crippen LogP contribution is 2.37. The predicted octanol–water partition coefficient (Wildman–Crippen LogP) is 5.24. The summed E-state index contributed by atoms with van der Waals surface area (Å²) in [5, 5.41) is 0.516. The highest BCUT2D eigenvalue weighted by Gasteiger charge is 2.38. The third-order valence-corrected chi connectivity index (χ3v) is 8.35. The average molecular weight is 481 g/mol. The number of aromatic nitrogens is 3. The summed E-state index contributed by atoms with van der Waals surface area (Å²) < 4.78 is 30.8. The van der Waals surface area contributed by atoms with Crippen LogP contribution in [-0.2, 0) is 23.0 Å². The monoisotopic (exact) mass is 480 g/mol. The lowest BCUT2D eigenvalue weighted by molar-refractivity contribution is 0.373. The SMILES string of the molecule is O=S(=O)(c1ccc(Cl)cc1)N1CCCC1c1nc2ccccc2n1CCCc1cccnc1. The summed E-state index contributed by atoms with van der Waals surface area (Å²) in [6.07, 6.45) is 7.03. The van der Waals surface area contributed by atoms with Crippen molar-refractivity contribution in [3.8, 4) is 0 Å². The van der Waals surface area contributed by atoms with Crippen LogP contribution in [0.2, 0.25) is 5.02 Å². The number of rotatable bonds is 7. The van der Waals surface area contributed by atoms with Gasteiger partial charge in [0.15, 0.2) is 0 Å². The van der Waals surface area contributed by atoms with Crippen molar-refractivity contribution in [3.63, 3.8) is 0 Å². The van der Waals surface area contributed by atoms with Gasteiger partial charge < -0.3 is 4.57 Å². The molecule has 4 aromatic rings. The molecule has 0 spiro atoms. The van der Waals surface area contributed by atoms with Crippen molar-refractivity contribution in [1.82, 2.24) is 18.8 Å². The molecular weight excluding hydrogens is 456 g/mol. The second-order valence-corrected chi connectivity index (χ2v) is 10.6. The van der Waals surface area contributed by atoms with Crippen LogP contribution in [0, 0.1) is 0 Å². The van der Waals surface area contributed by atoms with Crippen molar-refractivity contribution in [1.29, 1.82) is 0 Å². The van der Waals surface area contributed by atoms with Crippen molar-refractivity contribution in [2.75, 3.05) is 6.54 Å². The Hall–Kier alpha value is -2.74. The van der Waals surface area contributed by atoms with Crippen LogP contribution in [0.1, 0.15) is 36.7 Å². The van der Waals surface area contributed by atoms with E-state index in [1.165, 1.54) is 5.56 Å². The van der Waals surface area contributed by atoms with Crippen LogP contribution in [0.3, 0.4) is 0 Å². The van der Waals surface area contributed by atoms with E-state index in [0.29, 0.717) is 11.6 Å². The Labute approximate surface area is 198 Å². The van der Waals surface area contributed by atoms with Gasteiger partial charge in [0.25, 0.3) is 0 Å². The lowest BCUT2D eigenvalue weighted by atomic mass is 10.1. The maximum Gasteiger partial charge on any atom is 0.243 e. The van der Waals surface area contributed by atoms with Crippen LogP contribution in [0.15, 0.2) is 78.0 Å². The summed E-state index contributed by atoms with van der Waals surface area (Å²) in [5.74, 6) is 0.817. The molecule has 6 nitrogen and oxygen atoms in total. The quantitative estimate of drug-likeness (QED) is 0.362. The van der Waals surface area contributed by atoms with Gasteiger partial charge in [-0.05, 0) is 73.7 Å². The van der Waals surface area contributed by atoms with E-state index < -0.39 is 10.0 Å². The van der Waals surface area contributed by atoms with Gasteiger partial charge in [0.05, 0.1) is 22.0 Å². The Morgan fingerprint density at radius 3 is 2.64 bits per heavy atom. The zero-order valence-electron chi connectivity index (χ0n) is 18.1. The summed E-state index contributed by atoms with van der Waals surface area (Å²) in [6, 6.07) is 18.1. The van der Waals surface area contributed by atoms with Crippen LogP contribution in [-0.4, -0.2) is 33.8 Å². The Balaban J connectivity index is 1.48. The number of imidazole rings is 1. The number of aryl methyl sites for hydroxylation is 2. The molecule has 0 radical (unpaired) electrons. The van der Waals surface area contributed by atoms with Crippen LogP contribution in [0.25, 0.3) is 11.0 Å². The number of para-hydroxylation sites is 2. The molecule has 0 aliphatic carbocycles. The second kappa shape index (κ2) is 9.25. The highest BCUT2D eigenvalue weighted by molar-refractivity contribution is 7.89. The zero-order valence-corrected chi connectivity index (χ0v) is 19.7. The van der Waals surface area contributed by atoms with Gasteiger partial charge in [-0.15, -0.1) is 0 Å². The van der Waals surface area contributed by atoms with Crippen LogP contribution >= 0.6 is 11.6 Å². The molecule has 3 heterocycles. The number of halogens is 1. The first-order valence-electron chi connectivity index (χ1n) is 11.2. The van der Waals surface area contributed by atoms with Gasteiger partial charge in [0.2, 0.25) is 10.0 Å². The minimum Gasteiger partial charge on any atom is -0.327 e. The van der Waals surface area contributed by atoms with Gasteiger partial charge in [0, 0.05) is 30.5 Å². The van der Waals surface area contributed by atoms with E-state index in [-0.39, 0.29) is 10.9 Å². The van der Waals surface area contributed by atoms with Crippen LogP contribution in [0.4, 0.5) is 0 Å². The molecule has 1 atom stereocenters. The summed E-state index contributed by atoms with van der Waals surface area (Å²) in [5.41, 5.74) is 3.12. The molecule has 170 valence electrons. The number of sulfonamides is 1. The van der Waals surface area contributed by atoms with E-state index >= 15 is 0 Å². The number of nitrogens with zero attached hydrogens (tertiary/aromatic N) is 4. The fourth-order valence-electron chi connectivity index (χ4n) is 4.60. The Morgan fingerprint density at radius 1 is 1.03 bits per heavy atom. The Kier molecular flexibility index (Phi) is 6.19. The van der Waals surface area contributed by atoms with Crippen molar-refractivity contribution >= 4 is 32.7 Å². The van der Waals surface area contributed by atoms with E-state index in [4.69, 9.17) is 16.6 Å². The lowest BCUT2D eigenvalue weighted by Gasteiger charge is -2.24. The third-order valence-electron chi connectivity index (χ3n) is 6.18. The highest BCUT2D eigenvalue weighted by atomic mass is 35.5. The molecule has 2 aromatic carbocycles. The summed E-state index contributed by atoms with van der Waals surface area (Å²) in [7, 11) is -3.66. The van der Waals surface area contributed by atoms with E-state index in [1.54, 1.807) is 34.8 Å².